The van der Waals surface area contributed by atoms with Gasteiger partial charge in [0.1, 0.15) is 17.6 Å². The van der Waals surface area contributed by atoms with E-state index in [1.54, 1.807) is 6.07 Å². The lowest BCUT2D eigenvalue weighted by molar-refractivity contribution is 0.105. The van der Waals surface area contributed by atoms with Gasteiger partial charge in [0.05, 0.1) is 4.90 Å². The molecule has 0 spiro atoms. The molecule has 0 atom stereocenters. The lowest BCUT2D eigenvalue weighted by Gasteiger charge is -2.11. The average Bonchev–Trinajstić information content (AvgIpc) is 2.78. The summed E-state index contributed by atoms with van der Waals surface area (Å²) in [5.74, 6) is 0. The second-order valence-corrected chi connectivity index (χ2v) is 6.78. The fourth-order valence-corrected chi connectivity index (χ4v) is 2.44. The molecule has 1 aromatic heterocycles. The Morgan fingerprint density at radius 3 is 2.75 bits per heavy atom. The third-order valence-electron chi connectivity index (χ3n) is 2.60. The van der Waals surface area contributed by atoms with E-state index in [1.165, 1.54) is 31.1 Å². The van der Waals surface area contributed by atoms with Crippen molar-refractivity contribution in [3.05, 3.63) is 30.4 Å². The molecule has 0 N–H and O–H groups in total. The van der Waals surface area contributed by atoms with Crippen molar-refractivity contribution in [2.45, 2.75) is 11.8 Å². The van der Waals surface area contributed by atoms with Gasteiger partial charge in [-0.15, -0.1) is 5.10 Å². The molecule has 0 bridgehead atoms. The quantitative estimate of drug-likeness (QED) is 0.759. The first-order valence-electron chi connectivity index (χ1n) is 5.88. The number of sulfonamides is 1. The lowest BCUT2D eigenvalue weighted by Crippen LogP contribution is -2.22. The van der Waals surface area contributed by atoms with Gasteiger partial charge in [0.2, 0.25) is 10.0 Å². The minimum absolute atomic E-state index is 0.164. The second-order valence-electron chi connectivity index (χ2n) is 4.63. The molecule has 2 aromatic rings. The van der Waals surface area contributed by atoms with Crippen LogP contribution in [-0.4, -0.2) is 48.6 Å². The minimum Gasteiger partial charge on any atom is -0.390 e. The zero-order valence-corrected chi connectivity index (χ0v) is 12.4. The molecule has 1 aromatic carbocycles. The lowest BCUT2D eigenvalue weighted by atomic mass is 10.3. The van der Waals surface area contributed by atoms with Crippen molar-refractivity contribution in [3.8, 4) is 0 Å². The molecule has 7 nitrogen and oxygen atoms in total. The van der Waals surface area contributed by atoms with Gasteiger partial charge in [0.15, 0.2) is 0 Å². The van der Waals surface area contributed by atoms with E-state index in [0.717, 1.165) is 9.88 Å². The summed E-state index contributed by atoms with van der Waals surface area (Å²) < 4.78 is 25.3. The zero-order valence-electron chi connectivity index (χ0n) is 11.6. The van der Waals surface area contributed by atoms with Gasteiger partial charge in [-0.3, -0.25) is 0 Å². The van der Waals surface area contributed by atoms with Crippen LogP contribution in [0.1, 0.15) is 6.92 Å². The molecule has 20 heavy (non-hydrogen) atoms. The van der Waals surface area contributed by atoms with Gasteiger partial charge in [-0.25, -0.2) is 12.7 Å². The molecule has 0 fully saturated rings. The van der Waals surface area contributed by atoms with E-state index in [4.69, 9.17) is 4.84 Å². The molecule has 0 unspecified atom stereocenters. The molecule has 0 aliphatic heterocycles. The molecular formula is C12H16N4O3S. The maximum Gasteiger partial charge on any atom is 0.242 e. The van der Waals surface area contributed by atoms with Crippen LogP contribution in [0.2, 0.25) is 0 Å². The molecule has 0 saturated carbocycles. The Labute approximate surface area is 117 Å². The van der Waals surface area contributed by atoms with Crippen LogP contribution in [0.4, 0.5) is 0 Å². The summed E-state index contributed by atoms with van der Waals surface area (Å²) in [6, 6.07) is 4.58. The number of aromatic nitrogens is 3. The summed E-state index contributed by atoms with van der Waals surface area (Å²) in [5.41, 5.74) is 1.88. The van der Waals surface area contributed by atoms with Crippen molar-refractivity contribution in [1.82, 2.24) is 19.5 Å². The maximum absolute atomic E-state index is 12.1. The Balaban J connectivity index is 2.47. The molecule has 0 aliphatic carbocycles. The molecule has 2 rings (SSSR count). The number of hydrogen-bond acceptors (Lipinski definition) is 5. The molecule has 0 saturated heterocycles. The number of benzene rings is 1. The minimum atomic E-state index is -3.50. The van der Waals surface area contributed by atoms with Crippen LogP contribution < -0.4 is 4.84 Å². The van der Waals surface area contributed by atoms with Crippen molar-refractivity contribution in [2.75, 3.05) is 20.7 Å². The van der Waals surface area contributed by atoms with Crippen molar-refractivity contribution < 1.29 is 13.3 Å². The molecule has 8 heteroatoms. The van der Waals surface area contributed by atoms with Gasteiger partial charge in [-0.05, 0) is 35.9 Å². The van der Waals surface area contributed by atoms with Gasteiger partial charge in [0.25, 0.3) is 0 Å². The first-order chi connectivity index (χ1) is 9.32. The van der Waals surface area contributed by atoms with Gasteiger partial charge in [-0.1, -0.05) is 11.4 Å². The van der Waals surface area contributed by atoms with Crippen molar-refractivity contribution in [3.63, 3.8) is 0 Å². The Kier molecular flexibility index (Phi) is 3.78. The molecular weight excluding hydrogens is 280 g/mol. The number of rotatable bonds is 5. The Hall–Kier alpha value is -1.93. The summed E-state index contributed by atoms with van der Waals surface area (Å²) in [6.07, 6.45) is 0. The standard InChI is InChI=1S/C12H16N4O3S/c1-9(2)8-19-16-12-7-10(20(17,18)15(3)4)5-6-11(12)13-14-16/h5-7H,1,8H2,2-4H3. The monoisotopic (exact) mass is 296 g/mol. The first kappa shape index (κ1) is 14.5. The fourth-order valence-electron chi connectivity index (χ4n) is 1.52. The number of hydrogen-bond donors (Lipinski definition) is 0. The van der Waals surface area contributed by atoms with E-state index in [9.17, 15) is 8.42 Å². The highest BCUT2D eigenvalue weighted by Crippen LogP contribution is 2.18. The Bertz CT molecular complexity index is 749. The van der Waals surface area contributed by atoms with Crippen LogP contribution in [0.5, 0.6) is 0 Å². The smallest absolute Gasteiger partial charge is 0.242 e. The molecule has 108 valence electrons. The molecule has 0 aliphatic rings. The van der Waals surface area contributed by atoms with Crippen LogP contribution in [0.25, 0.3) is 11.0 Å². The summed E-state index contributed by atoms with van der Waals surface area (Å²) in [4.78, 5) is 6.76. The Morgan fingerprint density at radius 1 is 1.45 bits per heavy atom. The third kappa shape index (κ3) is 2.66. The zero-order chi connectivity index (χ0) is 14.9. The maximum atomic E-state index is 12.1. The van der Waals surface area contributed by atoms with Gasteiger partial charge in [0, 0.05) is 14.1 Å². The fraction of sp³-hybridized carbons (Fsp3) is 0.333. The van der Waals surface area contributed by atoms with Crippen LogP contribution in [0.15, 0.2) is 35.2 Å². The highest BCUT2D eigenvalue weighted by atomic mass is 32.2. The van der Waals surface area contributed by atoms with E-state index in [2.05, 4.69) is 16.9 Å². The highest BCUT2D eigenvalue weighted by molar-refractivity contribution is 7.89. The first-order valence-corrected chi connectivity index (χ1v) is 7.32. The largest absolute Gasteiger partial charge is 0.390 e. The third-order valence-corrected chi connectivity index (χ3v) is 4.41. The molecule has 0 radical (unpaired) electrons. The van der Waals surface area contributed by atoms with Crippen molar-refractivity contribution in [1.29, 1.82) is 0 Å². The highest BCUT2D eigenvalue weighted by Gasteiger charge is 2.19. The van der Waals surface area contributed by atoms with E-state index in [-0.39, 0.29) is 11.5 Å². The van der Waals surface area contributed by atoms with Gasteiger partial charge in [-0.2, -0.15) is 0 Å². The predicted octanol–water partition coefficient (Wildman–Crippen LogP) is 0.686. The predicted molar refractivity (Wildman–Crippen MR) is 74.7 cm³/mol. The number of nitrogens with zero attached hydrogens (tertiary/aromatic N) is 4. The summed E-state index contributed by atoms with van der Waals surface area (Å²) in [6.45, 7) is 5.83. The summed E-state index contributed by atoms with van der Waals surface area (Å²) in [7, 11) is -0.545. The van der Waals surface area contributed by atoms with Crippen LogP contribution in [0.3, 0.4) is 0 Å². The molecule has 1 heterocycles. The molecule has 0 amide bonds. The summed E-state index contributed by atoms with van der Waals surface area (Å²) >= 11 is 0. The SMILES string of the molecule is C=C(C)COn1nnc2ccc(S(=O)(=O)N(C)C)cc21. The van der Waals surface area contributed by atoms with Crippen LogP contribution in [0, 0.1) is 0 Å². The van der Waals surface area contributed by atoms with E-state index in [0.29, 0.717) is 11.0 Å². The van der Waals surface area contributed by atoms with Gasteiger partial charge < -0.3 is 4.84 Å². The van der Waals surface area contributed by atoms with Crippen LogP contribution in [-0.2, 0) is 10.0 Å². The Morgan fingerprint density at radius 2 is 2.15 bits per heavy atom. The van der Waals surface area contributed by atoms with E-state index in [1.807, 2.05) is 6.92 Å². The average molecular weight is 296 g/mol. The second kappa shape index (κ2) is 5.22. The summed E-state index contributed by atoms with van der Waals surface area (Å²) in [5, 5.41) is 7.74. The van der Waals surface area contributed by atoms with E-state index >= 15 is 0 Å². The van der Waals surface area contributed by atoms with Crippen molar-refractivity contribution >= 4 is 21.1 Å². The number of fused-ring (bicyclic) bond motifs is 1. The van der Waals surface area contributed by atoms with Crippen LogP contribution >= 0.6 is 0 Å². The van der Waals surface area contributed by atoms with Crippen molar-refractivity contribution in [2.24, 2.45) is 0 Å². The normalized spacial score (nSPS) is 12.0. The van der Waals surface area contributed by atoms with E-state index < -0.39 is 10.0 Å². The topological polar surface area (TPSA) is 77.3 Å². The van der Waals surface area contributed by atoms with Gasteiger partial charge >= 0.3 is 0 Å².